The van der Waals surface area contributed by atoms with Gasteiger partial charge in [-0.3, -0.25) is 0 Å². The predicted octanol–water partition coefficient (Wildman–Crippen LogP) is 6.90. The summed E-state index contributed by atoms with van der Waals surface area (Å²) in [6.07, 6.45) is 7.70. The fraction of sp³-hybridized carbons (Fsp3) is 0.750. The lowest BCUT2D eigenvalue weighted by Gasteiger charge is -2.30. The van der Waals surface area contributed by atoms with Crippen molar-refractivity contribution >= 4 is 0 Å². The van der Waals surface area contributed by atoms with Crippen molar-refractivity contribution in [2.45, 2.75) is 72.8 Å². The smallest absolute Gasteiger partial charge is 0.124 e. The zero-order valence-corrected chi connectivity index (χ0v) is 18.0. The van der Waals surface area contributed by atoms with E-state index in [9.17, 15) is 0 Å². The summed E-state index contributed by atoms with van der Waals surface area (Å²) >= 11 is 0. The SMILES string of the molecule is CC(C)C1C2CCCCCC21.COc1ccccc1C(OC)C(C)(C)C. The van der Waals surface area contributed by atoms with Crippen LogP contribution in [0.5, 0.6) is 5.75 Å². The van der Waals surface area contributed by atoms with Crippen molar-refractivity contribution in [2.75, 3.05) is 14.2 Å². The minimum Gasteiger partial charge on any atom is -0.496 e. The summed E-state index contributed by atoms with van der Waals surface area (Å²) in [5.41, 5.74) is 1.17. The molecule has 0 heterocycles. The number of methoxy groups -OCH3 is 2. The van der Waals surface area contributed by atoms with Crippen LogP contribution < -0.4 is 4.74 Å². The molecule has 2 aliphatic carbocycles. The van der Waals surface area contributed by atoms with Gasteiger partial charge in [-0.15, -0.1) is 0 Å². The van der Waals surface area contributed by atoms with Crippen LogP contribution in [0, 0.1) is 29.1 Å². The Morgan fingerprint density at radius 3 is 1.96 bits per heavy atom. The van der Waals surface area contributed by atoms with E-state index in [1.165, 1.54) is 19.3 Å². The van der Waals surface area contributed by atoms with E-state index >= 15 is 0 Å². The predicted molar refractivity (Wildman–Crippen MR) is 111 cm³/mol. The number of benzene rings is 1. The van der Waals surface area contributed by atoms with E-state index in [-0.39, 0.29) is 11.5 Å². The first kappa shape index (κ1) is 21.3. The monoisotopic (exact) mass is 360 g/mol. The highest BCUT2D eigenvalue weighted by Gasteiger charge is 2.50. The minimum absolute atomic E-state index is 0.0497. The maximum absolute atomic E-state index is 5.56. The molecule has 0 radical (unpaired) electrons. The normalized spacial score (nSPS) is 26.2. The quantitative estimate of drug-likeness (QED) is 0.581. The van der Waals surface area contributed by atoms with E-state index < -0.39 is 0 Å². The Morgan fingerprint density at radius 1 is 0.923 bits per heavy atom. The molecule has 0 saturated heterocycles. The molecule has 2 saturated carbocycles. The molecule has 3 unspecified atom stereocenters. The number of rotatable bonds is 4. The molecule has 1 aromatic carbocycles. The van der Waals surface area contributed by atoms with Gasteiger partial charge < -0.3 is 9.47 Å². The highest BCUT2D eigenvalue weighted by molar-refractivity contribution is 5.36. The summed E-state index contributed by atoms with van der Waals surface area (Å²) in [4.78, 5) is 0. The van der Waals surface area contributed by atoms with Gasteiger partial charge in [-0.2, -0.15) is 0 Å². The van der Waals surface area contributed by atoms with Crippen LogP contribution in [0.4, 0.5) is 0 Å². The highest BCUT2D eigenvalue weighted by atomic mass is 16.5. The van der Waals surface area contributed by atoms with E-state index in [1.54, 1.807) is 27.1 Å². The number of para-hydroxylation sites is 1. The third-order valence-electron chi connectivity index (χ3n) is 6.19. The fourth-order valence-electron chi connectivity index (χ4n) is 5.04. The van der Waals surface area contributed by atoms with E-state index in [4.69, 9.17) is 9.47 Å². The van der Waals surface area contributed by atoms with Crippen molar-refractivity contribution in [3.05, 3.63) is 29.8 Å². The van der Waals surface area contributed by atoms with E-state index in [0.717, 1.165) is 35.0 Å². The maximum Gasteiger partial charge on any atom is 0.124 e. The van der Waals surface area contributed by atoms with Crippen LogP contribution in [0.25, 0.3) is 0 Å². The van der Waals surface area contributed by atoms with Gasteiger partial charge in [0.05, 0.1) is 13.2 Å². The molecule has 2 aliphatic rings. The molecule has 0 aliphatic heterocycles. The molecule has 2 fully saturated rings. The molecule has 0 spiro atoms. The Bertz CT molecular complexity index is 531. The zero-order chi connectivity index (χ0) is 19.3. The fourth-order valence-corrected chi connectivity index (χ4v) is 5.04. The first-order valence-electron chi connectivity index (χ1n) is 10.5. The third kappa shape index (κ3) is 5.25. The summed E-state index contributed by atoms with van der Waals surface area (Å²) in [5, 5.41) is 0. The largest absolute Gasteiger partial charge is 0.496 e. The highest BCUT2D eigenvalue weighted by Crippen LogP contribution is 2.57. The van der Waals surface area contributed by atoms with Gasteiger partial charge in [-0.1, -0.05) is 72.1 Å². The zero-order valence-electron chi connectivity index (χ0n) is 18.0. The molecule has 3 rings (SSSR count). The van der Waals surface area contributed by atoms with Crippen LogP contribution in [-0.4, -0.2) is 14.2 Å². The van der Waals surface area contributed by atoms with Gasteiger partial charge in [0, 0.05) is 12.7 Å². The van der Waals surface area contributed by atoms with Crippen molar-refractivity contribution in [3.63, 3.8) is 0 Å². The number of ether oxygens (including phenoxy) is 2. The van der Waals surface area contributed by atoms with Crippen molar-refractivity contribution in [1.82, 2.24) is 0 Å². The van der Waals surface area contributed by atoms with Gasteiger partial charge in [0.15, 0.2) is 0 Å². The molecular weight excluding hydrogens is 320 g/mol. The van der Waals surface area contributed by atoms with Crippen LogP contribution in [-0.2, 0) is 4.74 Å². The Labute approximate surface area is 161 Å². The second-order valence-corrected chi connectivity index (χ2v) is 9.51. The molecule has 0 bridgehead atoms. The van der Waals surface area contributed by atoms with Gasteiger partial charge >= 0.3 is 0 Å². The van der Waals surface area contributed by atoms with Crippen LogP contribution in [0.15, 0.2) is 24.3 Å². The molecule has 0 aromatic heterocycles. The van der Waals surface area contributed by atoms with Crippen molar-refractivity contribution < 1.29 is 9.47 Å². The number of hydrogen-bond acceptors (Lipinski definition) is 2. The summed E-state index contributed by atoms with van der Waals surface area (Å²) in [6, 6.07) is 8.00. The number of fused-ring (bicyclic) bond motifs is 1. The summed E-state index contributed by atoms with van der Waals surface area (Å²) < 4.78 is 10.9. The average Bonchev–Trinajstić information content (AvgIpc) is 3.30. The standard InChI is InChI=1S/C13H20O2.C11H20/c1-13(2,3)12(15-5)10-8-6-7-9-11(10)14-4;1-8(2)11-9-6-4-3-5-7-10(9)11/h6-9,12H,1-5H3;8-11H,3-7H2,1-2H3. The Morgan fingerprint density at radius 2 is 1.50 bits per heavy atom. The molecule has 26 heavy (non-hydrogen) atoms. The van der Waals surface area contributed by atoms with Crippen LogP contribution >= 0.6 is 0 Å². The van der Waals surface area contributed by atoms with Crippen molar-refractivity contribution in [3.8, 4) is 5.75 Å². The van der Waals surface area contributed by atoms with Gasteiger partial charge in [0.2, 0.25) is 0 Å². The molecule has 2 nitrogen and oxygen atoms in total. The summed E-state index contributed by atoms with van der Waals surface area (Å²) in [7, 11) is 3.43. The molecule has 0 amide bonds. The van der Waals surface area contributed by atoms with Gasteiger partial charge in [0.1, 0.15) is 5.75 Å². The van der Waals surface area contributed by atoms with E-state index in [2.05, 4.69) is 40.7 Å². The Kier molecular flexibility index (Phi) is 7.58. The van der Waals surface area contributed by atoms with E-state index in [1.807, 2.05) is 18.2 Å². The van der Waals surface area contributed by atoms with Crippen molar-refractivity contribution in [2.24, 2.45) is 29.1 Å². The molecule has 2 heteroatoms. The maximum atomic E-state index is 5.56. The van der Waals surface area contributed by atoms with Crippen LogP contribution in [0.3, 0.4) is 0 Å². The van der Waals surface area contributed by atoms with Crippen molar-refractivity contribution in [1.29, 1.82) is 0 Å². The van der Waals surface area contributed by atoms with Gasteiger partial charge in [0.25, 0.3) is 0 Å². The average molecular weight is 361 g/mol. The topological polar surface area (TPSA) is 18.5 Å². The van der Waals surface area contributed by atoms with Gasteiger partial charge in [-0.25, -0.2) is 0 Å². The van der Waals surface area contributed by atoms with E-state index in [0.29, 0.717) is 0 Å². The molecule has 3 atom stereocenters. The Hall–Kier alpha value is -1.02. The van der Waals surface area contributed by atoms with Crippen LogP contribution in [0.1, 0.15) is 78.4 Å². The lowest BCUT2D eigenvalue weighted by molar-refractivity contribution is 0.0135. The molecule has 0 N–H and O–H groups in total. The third-order valence-corrected chi connectivity index (χ3v) is 6.19. The summed E-state index contributed by atoms with van der Waals surface area (Å²) in [5.74, 6) is 5.27. The summed E-state index contributed by atoms with van der Waals surface area (Å²) in [6.45, 7) is 11.3. The second-order valence-electron chi connectivity index (χ2n) is 9.51. The Balaban J connectivity index is 0.000000195. The molecular formula is C24H40O2. The lowest BCUT2D eigenvalue weighted by atomic mass is 9.84. The lowest BCUT2D eigenvalue weighted by Crippen LogP contribution is -2.20. The molecule has 1 aromatic rings. The first-order valence-corrected chi connectivity index (χ1v) is 10.5. The van der Waals surface area contributed by atoms with Gasteiger partial charge in [-0.05, 0) is 48.0 Å². The first-order chi connectivity index (χ1) is 12.3. The second kappa shape index (κ2) is 9.26. The minimum atomic E-state index is 0.0497. The van der Waals surface area contributed by atoms with Crippen LogP contribution in [0.2, 0.25) is 0 Å². The number of hydrogen-bond donors (Lipinski definition) is 0. The molecule has 148 valence electrons.